The van der Waals surface area contributed by atoms with Crippen LogP contribution in [0.15, 0.2) is 24.3 Å². The van der Waals surface area contributed by atoms with Gasteiger partial charge in [0.2, 0.25) is 0 Å². The van der Waals surface area contributed by atoms with Gasteiger partial charge in [-0.05, 0) is 49.4 Å². The van der Waals surface area contributed by atoms with Crippen LogP contribution >= 0.6 is 0 Å². The minimum atomic E-state index is -0.153. The molecule has 2 nitrogen and oxygen atoms in total. The van der Waals surface area contributed by atoms with Crippen molar-refractivity contribution in [1.29, 1.82) is 0 Å². The van der Waals surface area contributed by atoms with Crippen LogP contribution in [0.4, 0.5) is 4.39 Å². The molecule has 1 N–H and O–H groups in total. The maximum absolute atomic E-state index is 12.9. The van der Waals surface area contributed by atoms with Crippen molar-refractivity contribution >= 4 is 0 Å². The van der Waals surface area contributed by atoms with Crippen molar-refractivity contribution in [3.8, 4) is 0 Å². The van der Waals surface area contributed by atoms with Gasteiger partial charge < -0.3 is 10.2 Å². The van der Waals surface area contributed by atoms with Gasteiger partial charge in [-0.15, -0.1) is 0 Å². The van der Waals surface area contributed by atoms with E-state index in [4.69, 9.17) is 0 Å². The second-order valence-corrected chi connectivity index (χ2v) is 6.21. The number of nitrogens with one attached hydrogen (secondary N) is 1. The van der Waals surface area contributed by atoms with Crippen LogP contribution in [-0.2, 0) is 6.54 Å². The Morgan fingerprint density at radius 3 is 2.42 bits per heavy atom. The first-order valence-corrected chi connectivity index (χ1v) is 7.39. The van der Waals surface area contributed by atoms with Gasteiger partial charge in [-0.2, -0.15) is 0 Å². The lowest BCUT2D eigenvalue weighted by Gasteiger charge is -2.46. The molecule has 1 aliphatic heterocycles. The number of benzene rings is 1. The monoisotopic (exact) mass is 262 g/mol. The average Bonchev–Trinajstić information content (AvgIpc) is 2.38. The number of halogens is 1. The fraction of sp³-hybridized carbons (Fsp3) is 0.625. The van der Waals surface area contributed by atoms with E-state index in [-0.39, 0.29) is 5.82 Å². The fourth-order valence-corrected chi connectivity index (χ4v) is 3.84. The smallest absolute Gasteiger partial charge is 0.123 e. The van der Waals surface area contributed by atoms with E-state index in [1.165, 1.54) is 37.9 Å². The molecule has 2 aliphatic rings. The fourth-order valence-electron chi connectivity index (χ4n) is 3.84. The Labute approximate surface area is 115 Å². The van der Waals surface area contributed by atoms with Crippen molar-refractivity contribution in [3.63, 3.8) is 0 Å². The molecule has 1 unspecified atom stereocenters. The highest BCUT2D eigenvalue weighted by Crippen LogP contribution is 2.34. The number of hydrogen-bond acceptors (Lipinski definition) is 2. The third-order valence-corrected chi connectivity index (χ3v) is 4.71. The van der Waals surface area contributed by atoms with Crippen LogP contribution in [-0.4, -0.2) is 31.1 Å². The minimum Gasteiger partial charge on any atom is -0.309 e. The van der Waals surface area contributed by atoms with Gasteiger partial charge in [0.1, 0.15) is 5.82 Å². The Morgan fingerprint density at radius 2 is 1.79 bits per heavy atom. The van der Waals surface area contributed by atoms with Gasteiger partial charge in [-0.25, -0.2) is 4.39 Å². The van der Waals surface area contributed by atoms with E-state index in [0.717, 1.165) is 18.4 Å². The molecule has 1 aromatic rings. The van der Waals surface area contributed by atoms with Gasteiger partial charge in [-0.3, -0.25) is 0 Å². The van der Waals surface area contributed by atoms with Crippen LogP contribution < -0.4 is 5.32 Å². The first kappa shape index (κ1) is 13.1. The first-order valence-electron chi connectivity index (χ1n) is 7.39. The van der Waals surface area contributed by atoms with Crippen molar-refractivity contribution < 1.29 is 4.39 Å². The van der Waals surface area contributed by atoms with Gasteiger partial charge in [0.25, 0.3) is 0 Å². The van der Waals surface area contributed by atoms with E-state index in [0.29, 0.717) is 6.04 Å². The van der Waals surface area contributed by atoms with Crippen LogP contribution in [0.2, 0.25) is 0 Å². The summed E-state index contributed by atoms with van der Waals surface area (Å²) in [5.74, 6) is 1.43. The van der Waals surface area contributed by atoms with Crippen molar-refractivity contribution in [3.05, 3.63) is 35.6 Å². The molecule has 1 saturated carbocycles. The molecule has 3 heteroatoms. The summed E-state index contributed by atoms with van der Waals surface area (Å²) in [5, 5.41) is 3.73. The van der Waals surface area contributed by atoms with Gasteiger partial charge in [0, 0.05) is 25.7 Å². The number of hydrogen-bond donors (Lipinski definition) is 1. The number of likely N-dealkylation sites (tertiary alicyclic amines) is 1. The van der Waals surface area contributed by atoms with Crippen LogP contribution in [0.25, 0.3) is 0 Å². The molecule has 19 heavy (non-hydrogen) atoms. The standard InChI is InChI=1S/C16H23FN2/c1-19-10-13-3-2-4-14(11-19)16(13)18-9-12-5-7-15(17)8-6-12/h5-8,13-14,16,18H,2-4,9-11H2,1H3/t13-,14+,16?. The normalized spacial score (nSPS) is 31.4. The lowest BCUT2D eigenvalue weighted by molar-refractivity contribution is 0.0615. The van der Waals surface area contributed by atoms with Gasteiger partial charge in [-0.1, -0.05) is 18.6 Å². The zero-order chi connectivity index (χ0) is 13.2. The maximum Gasteiger partial charge on any atom is 0.123 e. The summed E-state index contributed by atoms with van der Waals surface area (Å²) in [6.07, 6.45) is 4.09. The zero-order valence-corrected chi connectivity index (χ0v) is 11.6. The van der Waals surface area contributed by atoms with E-state index in [9.17, 15) is 4.39 Å². The summed E-state index contributed by atoms with van der Waals surface area (Å²) in [7, 11) is 2.24. The molecule has 3 atom stereocenters. The highest BCUT2D eigenvalue weighted by molar-refractivity contribution is 5.16. The Kier molecular flexibility index (Phi) is 3.85. The number of fused-ring (bicyclic) bond motifs is 2. The van der Waals surface area contributed by atoms with E-state index in [1.807, 2.05) is 12.1 Å². The lowest BCUT2D eigenvalue weighted by atomic mass is 9.73. The second-order valence-electron chi connectivity index (χ2n) is 6.21. The molecule has 0 radical (unpaired) electrons. The molecule has 3 rings (SSSR count). The summed E-state index contributed by atoms with van der Waals surface area (Å²) < 4.78 is 12.9. The molecule has 0 amide bonds. The highest BCUT2D eigenvalue weighted by atomic mass is 19.1. The van der Waals surface area contributed by atoms with Crippen LogP contribution in [0.5, 0.6) is 0 Å². The summed E-state index contributed by atoms with van der Waals surface area (Å²) in [4.78, 5) is 2.48. The molecule has 104 valence electrons. The molecular formula is C16H23FN2. The van der Waals surface area contributed by atoms with E-state index >= 15 is 0 Å². The van der Waals surface area contributed by atoms with E-state index < -0.39 is 0 Å². The first-order chi connectivity index (χ1) is 9.22. The quantitative estimate of drug-likeness (QED) is 0.901. The Hall–Kier alpha value is -0.930. The van der Waals surface area contributed by atoms with Crippen molar-refractivity contribution in [2.75, 3.05) is 20.1 Å². The highest BCUT2D eigenvalue weighted by Gasteiger charge is 2.37. The Balaban J connectivity index is 1.61. The molecule has 2 bridgehead atoms. The molecule has 1 aliphatic carbocycles. The SMILES string of the molecule is CN1C[C@H]2CCC[C@@H](C1)C2NCc1ccc(F)cc1. The van der Waals surface area contributed by atoms with Crippen molar-refractivity contribution in [2.45, 2.75) is 31.8 Å². The summed E-state index contributed by atoms with van der Waals surface area (Å²) in [5.41, 5.74) is 1.18. The number of piperidine rings is 1. The second kappa shape index (κ2) is 5.59. The number of rotatable bonds is 3. The average molecular weight is 262 g/mol. The summed E-state index contributed by atoms with van der Waals surface area (Å²) in [6, 6.07) is 7.51. The van der Waals surface area contributed by atoms with E-state index in [2.05, 4.69) is 17.3 Å². The van der Waals surface area contributed by atoms with Gasteiger partial charge in [0.15, 0.2) is 0 Å². The molecule has 1 aromatic carbocycles. The summed E-state index contributed by atoms with van der Waals surface area (Å²) in [6.45, 7) is 3.30. The molecule has 2 fully saturated rings. The Bertz CT molecular complexity index is 403. The van der Waals surface area contributed by atoms with Crippen molar-refractivity contribution in [2.24, 2.45) is 11.8 Å². The van der Waals surface area contributed by atoms with Crippen LogP contribution in [0.3, 0.4) is 0 Å². The molecule has 0 spiro atoms. The molecule has 0 aromatic heterocycles. The zero-order valence-electron chi connectivity index (χ0n) is 11.6. The largest absolute Gasteiger partial charge is 0.309 e. The predicted octanol–water partition coefficient (Wildman–Crippen LogP) is 2.65. The van der Waals surface area contributed by atoms with Crippen LogP contribution in [0.1, 0.15) is 24.8 Å². The third kappa shape index (κ3) is 2.98. The summed E-state index contributed by atoms with van der Waals surface area (Å²) >= 11 is 0. The van der Waals surface area contributed by atoms with Crippen LogP contribution in [0, 0.1) is 17.7 Å². The minimum absolute atomic E-state index is 0.153. The topological polar surface area (TPSA) is 15.3 Å². The van der Waals surface area contributed by atoms with E-state index in [1.54, 1.807) is 12.1 Å². The maximum atomic E-state index is 12.9. The molecular weight excluding hydrogens is 239 g/mol. The van der Waals surface area contributed by atoms with Gasteiger partial charge >= 0.3 is 0 Å². The predicted molar refractivity (Wildman–Crippen MR) is 75.4 cm³/mol. The molecule has 1 heterocycles. The molecule has 1 saturated heterocycles. The Morgan fingerprint density at radius 1 is 1.16 bits per heavy atom. The van der Waals surface area contributed by atoms with Gasteiger partial charge in [0.05, 0.1) is 0 Å². The van der Waals surface area contributed by atoms with Crippen molar-refractivity contribution in [1.82, 2.24) is 10.2 Å². The third-order valence-electron chi connectivity index (χ3n) is 4.71. The lowest BCUT2D eigenvalue weighted by Crippen LogP contribution is -2.55. The number of nitrogens with zero attached hydrogens (tertiary/aromatic N) is 1.